The molecular weight excluding hydrogens is 420 g/mol. The summed E-state index contributed by atoms with van der Waals surface area (Å²) < 4.78 is 33.7. The first-order valence-electron chi connectivity index (χ1n) is 10.0. The molecule has 1 aromatic heterocycles. The molecule has 10 heteroatoms. The summed E-state index contributed by atoms with van der Waals surface area (Å²) in [5.74, 6) is -1.74. The third kappa shape index (κ3) is 5.65. The molecule has 0 unspecified atom stereocenters. The molecule has 1 amide bonds. The molecule has 3 aromatic rings. The summed E-state index contributed by atoms with van der Waals surface area (Å²) in [7, 11) is 0. The summed E-state index contributed by atoms with van der Waals surface area (Å²) in [6.45, 7) is 5.52. The molecule has 1 N–H and O–H groups in total. The Bertz CT molecular complexity index is 1100. The quantitative estimate of drug-likeness (QED) is 0.483. The highest BCUT2D eigenvalue weighted by Crippen LogP contribution is 2.25. The molecule has 0 saturated carbocycles. The van der Waals surface area contributed by atoms with Crippen molar-refractivity contribution in [2.45, 2.75) is 27.0 Å². The normalized spacial score (nSPS) is 10.6. The van der Waals surface area contributed by atoms with Crippen molar-refractivity contribution in [2.24, 2.45) is 0 Å². The number of hydrogen-bond donors (Lipinski definition) is 1. The molecule has 0 radical (unpaired) electrons. The lowest BCUT2D eigenvalue weighted by Gasteiger charge is -2.22. The molecule has 0 fully saturated rings. The number of amides is 1. The van der Waals surface area contributed by atoms with Crippen LogP contribution in [-0.4, -0.2) is 40.3 Å². The zero-order valence-corrected chi connectivity index (χ0v) is 17.7. The Morgan fingerprint density at radius 3 is 2.66 bits per heavy atom. The number of hydrogen-bond acceptors (Lipinski definition) is 6. The van der Waals surface area contributed by atoms with E-state index in [-0.39, 0.29) is 18.8 Å². The Morgan fingerprint density at radius 2 is 1.97 bits per heavy atom. The van der Waals surface area contributed by atoms with Gasteiger partial charge in [-0.2, -0.15) is 0 Å². The fourth-order valence-electron chi connectivity index (χ4n) is 3.09. The minimum Gasteiger partial charge on any atom is -0.486 e. The van der Waals surface area contributed by atoms with Gasteiger partial charge in [0.15, 0.2) is 6.29 Å². The van der Waals surface area contributed by atoms with Crippen molar-refractivity contribution >= 4 is 23.6 Å². The van der Waals surface area contributed by atoms with Crippen LogP contribution in [0.1, 0.15) is 29.9 Å². The minimum absolute atomic E-state index is 0.0384. The fraction of sp³-hybridized carbons (Fsp3) is 0.273. The molecule has 32 heavy (non-hydrogen) atoms. The second-order valence-corrected chi connectivity index (χ2v) is 6.88. The van der Waals surface area contributed by atoms with E-state index in [0.29, 0.717) is 23.1 Å². The first kappa shape index (κ1) is 22.9. The maximum atomic E-state index is 13.7. The van der Waals surface area contributed by atoms with Crippen LogP contribution >= 0.6 is 0 Å². The molecule has 168 valence electrons. The molecular formula is C22H23F2N5O3. The van der Waals surface area contributed by atoms with Crippen molar-refractivity contribution < 1.29 is 23.1 Å². The van der Waals surface area contributed by atoms with Crippen molar-refractivity contribution in [1.82, 2.24) is 15.0 Å². The lowest BCUT2D eigenvalue weighted by molar-refractivity contribution is -0.117. The first-order valence-corrected chi connectivity index (χ1v) is 10.0. The second kappa shape index (κ2) is 10.5. The van der Waals surface area contributed by atoms with E-state index in [9.17, 15) is 18.4 Å². The highest BCUT2D eigenvalue weighted by atomic mass is 19.1. The fourth-order valence-corrected chi connectivity index (χ4v) is 3.09. The number of rotatable bonds is 10. The average Bonchev–Trinajstić information content (AvgIpc) is 3.22. The van der Waals surface area contributed by atoms with Gasteiger partial charge in [-0.25, -0.2) is 13.5 Å². The van der Waals surface area contributed by atoms with Crippen LogP contribution in [0.4, 0.5) is 20.2 Å². The monoisotopic (exact) mass is 443 g/mol. The number of carbonyl (C=O) groups is 2. The van der Waals surface area contributed by atoms with Gasteiger partial charge in [0.05, 0.1) is 17.4 Å². The number of aromatic nitrogens is 3. The number of aldehydes is 1. The van der Waals surface area contributed by atoms with Gasteiger partial charge in [-0.05, 0) is 38.1 Å². The van der Waals surface area contributed by atoms with Gasteiger partial charge in [-0.1, -0.05) is 5.21 Å². The summed E-state index contributed by atoms with van der Waals surface area (Å²) in [4.78, 5) is 25.6. The molecule has 2 aromatic carbocycles. The van der Waals surface area contributed by atoms with Gasteiger partial charge < -0.3 is 15.0 Å². The molecule has 3 rings (SSSR count). The van der Waals surface area contributed by atoms with Crippen LogP contribution in [0.3, 0.4) is 0 Å². The van der Waals surface area contributed by atoms with Gasteiger partial charge in [0, 0.05) is 30.9 Å². The third-order valence-electron chi connectivity index (χ3n) is 4.73. The van der Waals surface area contributed by atoms with Crippen LogP contribution in [0.15, 0.2) is 42.6 Å². The molecule has 0 bridgehead atoms. The van der Waals surface area contributed by atoms with E-state index in [0.717, 1.165) is 37.2 Å². The van der Waals surface area contributed by atoms with Crippen molar-refractivity contribution in [2.75, 3.05) is 23.3 Å². The Kier molecular flexibility index (Phi) is 7.48. The van der Waals surface area contributed by atoms with Gasteiger partial charge >= 0.3 is 0 Å². The summed E-state index contributed by atoms with van der Waals surface area (Å²) in [6.07, 6.45) is 2.23. The summed E-state index contributed by atoms with van der Waals surface area (Å²) in [6, 6.07) is 8.23. The van der Waals surface area contributed by atoms with E-state index in [4.69, 9.17) is 4.74 Å². The third-order valence-corrected chi connectivity index (χ3v) is 4.73. The molecule has 0 spiro atoms. The van der Waals surface area contributed by atoms with Crippen molar-refractivity contribution in [3.05, 3.63) is 65.5 Å². The Balaban J connectivity index is 1.62. The number of anilines is 2. The SMILES string of the molecule is CCN(CC)c1ccc(C=O)c(OCc2cn(CC(=O)Nc3ccc(F)cc3F)nn2)c1. The van der Waals surface area contributed by atoms with Gasteiger partial charge in [-0.3, -0.25) is 9.59 Å². The van der Waals surface area contributed by atoms with Crippen LogP contribution < -0.4 is 15.0 Å². The first-order chi connectivity index (χ1) is 15.4. The summed E-state index contributed by atoms with van der Waals surface area (Å²) in [5.41, 5.74) is 1.66. The van der Waals surface area contributed by atoms with Gasteiger partial charge in [0.25, 0.3) is 0 Å². The standard InChI is InChI=1S/C22H23F2N5O3/c1-3-28(4-2)18-7-5-15(13-30)21(10-18)32-14-17-11-29(27-26-17)12-22(31)25-20-8-6-16(23)9-19(20)24/h5-11,13H,3-4,12,14H2,1-2H3,(H,25,31). The highest BCUT2D eigenvalue weighted by molar-refractivity contribution is 5.90. The van der Waals surface area contributed by atoms with Crippen LogP contribution in [0.25, 0.3) is 0 Å². The lowest BCUT2D eigenvalue weighted by Crippen LogP contribution is -2.21. The smallest absolute Gasteiger partial charge is 0.246 e. The second-order valence-electron chi connectivity index (χ2n) is 6.88. The molecule has 0 atom stereocenters. The van der Waals surface area contributed by atoms with E-state index in [1.54, 1.807) is 12.1 Å². The molecule has 0 aliphatic carbocycles. The maximum absolute atomic E-state index is 13.7. The van der Waals surface area contributed by atoms with Crippen LogP contribution in [0.2, 0.25) is 0 Å². The van der Waals surface area contributed by atoms with Crippen LogP contribution in [0.5, 0.6) is 5.75 Å². The Labute approximate surface area is 183 Å². The summed E-state index contributed by atoms with van der Waals surface area (Å²) in [5, 5.41) is 10.2. The van der Waals surface area contributed by atoms with E-state index in [2.05, 4.69) is 20.5 Å². The minimum atomic E-state index is -0.871. The van der Waals surface area contributed by atoms with Crippen LogP contribution in [0, 0.1) is 11.6 Å². The molecule has 0 saturated heterocycles. The van der Waals surface area contributed by atoms with E-state index in [1.165, 1.54) is 10.9 Å². The van der Waals surface area contributed by atoms with E-state index < -0.39 is 17.5 Å². The van der Waals surface area contributed by atoms with Crippen molar-refractivity contribution in [1.29, 1.82) is 0 Å². The number of nitrogens with one attached hydrogen (secondary N) is 1. The van der Waals surface area contributed by atoms with Crippen molar-refractivity contribution in [3.63, 3.8) is 0 Å². The average molecular weight is 443 g/mol. The lowest BCUT2D eigenvalue weighted by atomic mass is 10.2. The highest BCUT2D eigenvalue weighted by Gasteiger charge is 2.12. The Hall–Kier alpha value is -3.82. The number of nitrogens with zero attached hydrogens (tertiary/aromatic N) is 4. The van der Waals surface area contributed by atoms with Crippen molar-refractivity contribution in [3.8, 4) is 5.75 Å². The van der Waals surface area contributed by atoms with E-state index >= 15 is 0 Å². The van der Waals surface area contributed by atoms with E-state index in [1.807, 2.05) is 19.9 Å². The van der Waals surface area contributed by atoms with Crippen LogP contribution in [-0.2, 0) is 17.9 Å². The maximum Gasteiger partial charge on any atom is 0.246 e. The van der Waals surface area contributed by atoms with Gasteiger partial charge in [-0.15, -0.1) is 5.10 Å². The predicted molar refractivity (Wildman–Crippen MR) is 115 cm³/mol. The largest absolute Gasteiger partial charge is 0.486 e. The number of benzene rings is 2. The zero-order chi connectivity index (χ0) is 23.1. The number of ether oxygens (including phenoxy) is 1. The molecule has 0 aliphatic rings. The number of carbonyl (C=O) groups excluding carboxylic acids is 2. The number of halogens is 2. The molecule has 8 nitrogen and oxygen atoms in total. The molecule has 1 heterocycles. The predicted octanol–water partition coefficient (Wildman–Crippen LogP) is 3.43. The Morgan fingerprint density at radius 1 is 1.19 bits per heavy atom. The van der Waals surface area contributed by atoms with Gasteiger partial charge in [0.2, 0.25) is 5.91 Å². The summed E-state index contributed by atoms with van der Waals surface area (Å²) >= 11 is 0. The van der Waals surface area contributed by atoms with Gasteiger partial charge in [0.1, 0.15) is 36.2 Å². The topological polar surface area (TPSA) is 89.4 Å². The zero-order valence-electron chi connectivity index (χ0n) is 17.7. The molecule has 0 aliphatic heterocycles.